The van der Waals surface area contributed by atoms with Gasteiger partial charge in [-0.1, -0.05) is 13.8 Å². The van der Waals surface area contributed by atoms with Crippen molar-refractivity contribution >= 4 is 18.3 Å². The third kappa shape index (κ3) is 5.80. The fraction of sp³-hybridized carbons (Fsp3) is 0.562. The van der Waals surface area contributed by atoms with E-state index in [2.05, 4.69) is 19.2 Å². The largest absolute Gasteiger partial charge is 0.493 e. The zero-order valence-corrected chi connectivity index (χ0v) is 15.2. The van der Waals surface area contributed by atoms with Crippen LogP contribution in [0.25, 0.3) is 0 Å². The number of ether oxygens (including phenoxy) is 3. The number of benzene rings is 1. The maximum absolute atomic E-state index is 12.4. The Labute approximate surface area is 144 Å². The molecular weight excluding hydrogens is 320 g/mol. The molecule has 0 spiro atoms. The fourth-order valence-corrected chi connectivity index (χ4v) is 2.26. The first-order valence-corrected chi connectivity index (χ1v) is 7.27. The quantitative estimate of drug-likeness (QED) is 0.754. The molecular formula is C16H27ClN2O4. The monoisotopic (exact) mass is 346 g/mol. The molecule has 132 valence electrons. The van der Waals surface area contributed by atoms with Crippen LogP contribution in [0.15, 0.2) is 12.1 Å². The van der Waals surface area contributed by atoms with Crippen LogP contribution in [-0.2, 0) is 0 Å². The summed E-state index contributed by atoms with van der Waals surface area (Å²) in [6, 6.07) is 3.19. The molecule has 0 saturated heterocycles. The number of amides is 1. The van der Waals surface area contributed by atoms with E-state index < -0.39 is 0 Å². The first-order chi connectivity index (χ1) is 10.5. The van der Waals surface area contributed by atoms with Gasteiger partial charge in [0.15, 0.2) is 11.5 Å². The number of hydrogen-bond acceptors (Lipinski definition) is 5. The molecule has 23 heavy (non-hydrogen) atoms. The number of methoxy groups -OCH3 is 3. The van der Waals surface area contributed by atoms with Crippen LogP contribution in [0.3, 0.4) is 0 Å². The summed E-state index contributed by atoms with van der Waals surface area (Å²) in [5, 5.41) is 2.94. The first kappa shape index (κ1) is 21.3. The van der Waals surface area contributed by atoms with Crippen molar-refractivity contribution in [2.75, 3.05) is 27.9 Å². The van der Waals surface area contributed by atoms with Gasteiger partial charge in [-0.3, -0.25) is 4.79 Å². The van der Waals surface area contributed by atoms with Crippen LogP contribution >= 0.6 is 12.4 Å². The standard InChI is InChI=1S/C16H26N2O4.ClH/c1-10(2)6-12(9-17)18-16(19)11-7-13(20-3)15(22-5)14(8-11)21-4;/h7-8,10,12H,6,9,17H2,1-5H3,(H,18,19);1H. The zero-order valence-electron chi connectivity index (χ0n) is 14.3. The topological polar surface area (TPSA) is 82.8 Å². The molecule has 0 aliphatic rings. The molecule has 1 aromatic carbocycles. The number of nitrogens with two attached hydrogens (primary N) is 1. The molecule has 1 rings (SSSR count). The smallest absolute Gasteiger partial charge is 0.251 e. The van der Waals surface area contributed by atoms with E-state index in [1.165, 1.54) is 21.3 Å². The average Bonchev–Trinajstić information content (AvgIpc) is 2.51. The van der Waals surface area contributed by atoms with Crippen LogP contribution in [0.1, 0.15) is 30.6 Å². The number of carbonyl (C=O) groups is 1. The molecule has 6 nitrogen and oxygen atoms in total. The second-order valence-electron chi connectivity index (χ2n) is 5.45. The normalized spacial score (nSPS) is 11.4. The van der Waals surface area contributed by atoms with Crippen molar-refractivity contribution in [3.05, 3.63) is 17.7 Å². The number of nitrogens with one attached hydrogen (secondary N) is 1. The lowest BCUT2D eigenvalue weighted by molar-refractivity contribution is 0.0933. The lowest BCUT2D eigenvalue weighted by atomic mass is 10.0. The van der Waals surface area contributed by atoms with Crippen LogP contribution in [-0.4, -0.2) is 39.8 Å². The number of carbonyl (C=O) groups excluding carboxylic acids is 1. The summed E-state index contributed by atoms with van der Waals surface area (Å²) < 4.78 is 15.8. The van der Waals surface area contributed by atoms with E-state index in [9.17, 15) is 4.79 Å². The summed E-state index contributed by atoms with van der Waals surface area (Å²) >= 11 is 0. The second-order valence-corrected chi connectivity index (χ2v) is 5.45. The van der Waals surface area contributed by atoms with Gasteiger partial charge in [-0.15, -0.1) is 12.4 Å². The van der Waals surface area contributed by atoms with E-state index in [1.807, 2.05) is 0 Å². The Hall–Kier alpha value is -1.66. The maximum atomic E-state index is 12.4. The summed E-state index contributed by atoms with van der Waals surface area (Å²) in [6.45, 7) is 4.58. The van der Waals surface area contributed by atoms with Gasteiger partial charge in [0.2, 0.25) is 5.75 Å². The van der Waals surface area contributed by atoms with Gasteiger partial charge in [-0.25, -0.2) is 0 Å². The highest BCUT2D eigenvalue weighted by Crippen LogP contribution is 2.38. The van der Waals surface area contributed by atoms with Crippen LogP contribution in [0, 0.1) is 5.92 Å². The van der Waals surface area contributed by atoms with Crippen molar-refractivity contribution in [1.29, 1.82) is 0 Å². The Morgan fingerprint density at radius 2 is 1.65 bits per heavy atom. The molecule has 0 aromatic heterocycles. The fourth-order valence-electron chi connectivity index (χ4n) is 2.26. The molecule has 3 N–H and O–H groups in total. The first-order valence-electron chi connectivity index (χ1n) is 7.27. The van der Waals surface area contributed by atoms with Crippen LogP contribution in [0.2, 0.25) is 0 Å². The number of halogens is 1. The van der Waals surface area contributed by atoms with E-state index in [-0.39, 0.29) is 24.4 Å². The average molecular weight is 347 g/mol. The SMILES string of the molecule is COc1cc(C(=O)NC(CN)CC(C)C)cc(OC)c1OC.Cl. The molecule has 0 aliphatic heterocycles. The predicted molar refractivity (Wildman–Crippen MR) is 93.1 cm³/mol. The highest BCUT2D eigenvalue weighted by atomic mass is 35.5. The second kappa shape index (κ2) is 10.2. The van der Waals surface area contributed by atoms with E-state index in [1.54, 1.807) is 12.1 Å². The van der Waals surface area contributed by atoms with Gasteiger partial charge >= 0.3 is 0 Å². The van der Waals surface area contributed by atoms with Gasteiger partial charge in [-0.05, 0) is 24.5 Å². The van der Waals surface area contributed by atoms with Gasteiger partial charge < -0.3 is 25.3 Å². The lowest BCUT2D eigenvalue weighted by Crippen LogP contribution is -2.41. The maximum Gasteiger partial charge on any atom is 0.251 e. The van der Waals surface area contributed by atoms with Crippen molar-refractivity contribution in [3.8, 4) is 17.2 Å². The minimum absolute atomic E-state index is 0. The third-order valence-corrected chi connectivity index (χ3v) is 3.30. The predicted octanol–water partition coefficient (Wildman–Crippen LogP) is 2.24. The Kier molecular flexibility index (Phi) is 9.44. The molecule has 0 aliphatic carbocycles. The van der Waals surface area contributed by atoms with Crippen LogP contribution in [0.5, 0.6) is 17.2 Å². The van der Waals surface area contributed by atoms with E-state index in [0.717, 1.165) is 6.42 Å². The number of hydrogen-bond donors (Lipinski definition) is 2. The van der Waals surface area contributed by atoms with Crippen LogP contribution in [0.4, 0.5) is 0 Å². The minimum atomic E-state index is -0.213. The Morgan fingerprint density at radius 1 is 1.13 bits per heavy atom. The highest BCUT2D eigenvalue weighted by molar-refractivity contribution is 5.95. The van der Waals surface area contributed by atoms with E-state index in [4.69, 9.17) is 19.9 Å². The Morgan fingerprint density at radius 3 is 2.00 bits per heavy atom. The molecule has 1 unspecified atom stereocenters. The minimum Gasteiger partial charge on any atom is -0.493 e. The van der Waals surface area contributed by atoms with Crippen molar-refractivity contribution < 1.29 is 19.0 Å². The van der Waals surface area contributed by atoms with Crippen molar-refractivity contribution in [2.24, 2.45) is 11.7 Å². The molecule has 1 aromatic rings. The van der Waals surface area contributed by atoms with Gasteiger partial charge in [0.1, 0.15) is 0 Å². The van der Waals surface area contributed by atoms with Crippen molar-refractivity contribution in [3.63, 3.8) is 0 Å². The summed E-state index contributed by atoms with van der Waals surface area (Å²) in [6.07, 6.45) is 0.826. The summed E-state index contributed by atoms with van der Waals surface area (Å²) in [5.41, 5.74) is 6.16. The van der Waals surface area contributed by atoms with Gasteiger partial charge in [0.05, 0.1) is 21.3 Å². The van der Waals surface area contributed by atoms with Crippen LogP contribution < -0.4 is 25.3 Å². The molecule has 0 bridgehead atoms. The van der Waals surface area contributed by atoms with Gasteiger partial charge in [0, 0.05) is 18.2 Å². The molecule has 0 heterocycles. The molecule has 0 saturated carbocycles. The summed E-state index contributed by atoms with van der Waals surface area (Å²) in [5.74, 6) is 1.59. The Bertz CT molecular complexity index is 484. The highest BCUT2D eigenvalue weighted by Gasteiger charge is 2.19. The third-order valence-electron chi connectivity index (χ3n) is 3.30. The molecule has 7 heteroatoms. The lowest BCUT2D eigenvalue weighted by Gasteiger charge is -2.20. The van der Waals surface area contributed by atoms with Crippen molar-refractivity contribution in [1.82, 2.24) is 5.32 Å². The molecule has 1 atom stereocenters. The Balaban J connectivity index is 0.00000484. The molecule has 1 amide bonds. The van der Waals surface area contributed by atoms with Crippen molar-refractivity contribution in [2.45, 2.75) is 26.3 Å². The summed E-state index contributed by atoms with van der Waals surface area (Å²) in [4.78, 5) is 12.4. The zero-order chi connectivity index (χ0) is 16.7. The molecule has 0 radical (unpaired) electrons. The van der Waals surface area contributed by atoms with E-state index in [0.29, 0.717) is 35.3 Å². The van der Waals surface area contributed by atoms with Gasteiger partial charge in [-0.2, -0.15) is 0 Å². The molecule has 0 fully saturated rings. The van der Waals surface area contributed by atoms with Gasteiger partial charge in [0.25, 0.3) is 5.91 Å². The van der Waals surface area contributed by atoms with E-state index >= 15 is 0 Å². The number of rotatable bonds is 8. The summed E-state index contributed by atoms with van der Waals surface area (Å²) in [7, 11) is 4.55.